The van der Waals surface area contributed by atoms with Crippen LogP contribution in [-0.4, -0.2) is 13.2 Å². The minimum atomic E-state index is 0.367. The van der Waals surface area contributed by atoms with Gasteiger partial charge in [-0.3, -0.25) is 0 Å². The second-order valence-electron chi connectivity index (χ2n) is 5.58. The van der Waals surface area contributed by atoms with Crippen molar-refractivity contribution < 1.29 is 4.74 Å². The maximum atomic E-state index is 5.99. The zero-order valence-corrected chi connectivity index (χ0v) is 11.5. The lowest BCUT2D eigenvalue weighted by atomic mass is 9.80. The maximum Gasteiger partial charge on any atom is 0.119 e. The first-order chi connectivity index (χ1) is 8.78. The van der Waals surface area contributed by atoms with E-state index in [1.165, 1.54) is 31.2 Å². The smallest absolute Gasteiger partial charge is 0.119 e. The summed E-state index contributed by atoms with van der Waals surface area (Å²) < 4.78 is 5.61. The number of hydrogen-bond donors (Lipinski definition) is 1. The Morgan fingerprint density at radius 3 is 2.39 bits per heavy atom. The number of nitrogens with two attached hydrogens (primary N) is 1. The van der Waals surface area contributed by atoms with Crippen molar-refractivity contribution in [1.29, 1.82) is 0 Å². The molecule has 1 aromatic rings. The molecule has 1 aliphatic rings. The molecule has 0 unspecified atom stereocenters. The zero-order valence-electron chi connectivity index (χ0n) is 11.5. The van der Waals surface area contributed by atoms with E-state index in [4.69, 9.17) is 10.5 Å². The predicted molar refractivity (Wildman–Crippen MR) is 75.9 cm³/mol. The van der Waals surface area contributed by atoms with Gasteiger partial charge in [0.25, 0.3) is 0 Å². The van der Waals surface area contributed by atoms with Gasteiger partial charge >= 0.3 is 0 Å². The first-order valence-electron chi connectivity index (χ1n) is 7.20. The lowest BCUT2D eigenvalue weighted by Gasteiger charge is -2.27. The van der Waals surface area contributed by atoms with Gasteiger partial charge in [0.15, 0.2) is 0 Å². The summed E-state index contributed by atoms with van der Waals surface area (Å²) >= 11 is 0. The molecule has 1 aromatic carbocycles. The van der Waals surface area contributed by atoms with Gasteiger partial charge in [-0.25, -0.2) is 0 Å². The average Bonchev–Trinajstić information content (AvgIpc) is 2.87. The molecule has 0 saturated heterocycles. The lowest BCUT2D eigenvalue weighted by molar-refractivity contribution is 0.305. The molecule has 0 heterocycles. The fraction of sp³-hybridized carbons (Fsp3) is 0.625. The van der Waals surface area contributed by atoms with Crippen LogP contribution in [0.1, 0.15) is 44.6 Å². The molecule has 0 radical (unpaired) electrons. The minimum absolute atomic E-state index is 0.367. The number of rotatable bonds is 6. The van der Waals surface area contributed by atoms with Crippen LogP contribution in [0.5, 0.6) is 5.75 Å². The Bertz CT molecular complexity index is 352. The second-order valence-corrected chi connectivity index (χ2v) is 5.58. The normalized spacial score (nSPS) is 17.9. The van der Waals surface area contributed by atoms with Crippen LogP contribution >= 0.6 is 0 Å². The van der Waals surface area contributed by atoms with Gasteiger partial charge < -0.3 is 10.5 Å². The Labute approximate surface area is 111 Å². The quantitative estimate of drug-likeness (QED) is 0.834. The van der Waals surface area contributed by atoms with Gasteiger partial charge in [0.05, 0.1) is 6.61 Å². The van der Waals surface area contributed by atoms with Gasteiger partial charge in [0.1, 0.15) is 5.75 Å². The Morgan fingerprint density at radius 2 is 1.83 bits per heavy atom. The number of ether oxygens (including phenoxy) is 1. The first-order valence-corrected chi connectivity index (χ1v) is 7.20. The van der Waals surface area contributed by atoms with Crippen molar-refractivity contribution in [2.75, 3.05) is 13.2 Å². The molecule has 0 spiro atoms. The summed E-state index contributed by atoms with van der Waals surface area (Å²) in [5.41, 5.74) is 7.75. The molecule has 2 N–H and O–H groups in total. The standard InChI is InChI=1S/C16H25NO/c1-2-11-18-15-7-5-14(6-8-15)12-16(13-17)9-3-4-10-16/h5-8H,2-4,9-13,17H2,1H3. The molecular weight excluding hydrogens is 222 g/mol. The van der Waals surface area contributed by atoms with E-state index in [0.29, 0.717) is 5.41 Å². The lowest BCUT2D eigenvalue weighted by Crippen LogP contribution is -2.29. The van der Waals surface area contributed by atoms with Gasteiger partial charge in [0, 0.05) is 0 Å². The van der Waals surface area contributed by atoms with Crippen molar-refractivity contribution in [3.8, 4) is 5.75 Å². The van der Waals surface area contributed by atoms with E-state index in [-0.39, 0.29) is 0 Å². The van der Waals surface area contributed by atoms with Crippen LogP contribution in [-0.2, 0) is 6.42 Å². The van der Waals surface area contributed by atoms with Crippen LogP contribution in [0, 0.1) is 5.41 Å². The van der Waals surface area contributed by atoms with Crippen molar-refractivity contribution in [2.24, 2.45) is 11.1 Å². The third kappa shape index (κ3) is 3.26. The van der Waals surface area contributed by atoms with Crippen molar-refractivity contribution in [3.63, 3.8) is 0 Å². The van der Waals surface area contributed by atoms with E-state index in [0.717, 1.165) is 31.7 Å². The Kier molecular flexibility index (Phi) is 4.65. The highest BCUT2D eigenvalue weighted by atomic mass is 16.5. The van der Waals surface area contributed by atoms with Crippen LogP contribution in [0.15, 0.2) is 24.3 Å². The van der Waals surface area contributed by atoms with Crippen LogP contribution < -0.4 is 10.5 Å². The zero-order chi connectivity index (χ0) is 12.8. The van der Waals surface area contributed by atoms with E-state index >= 15 is 0 Å². The van der Waals surface area contributed by atoms with Gasteiger partial charge in [-0.1, -0.05) is 31.9 Å². The molecule has 100 valence electrons. The summed E-state index contributed by atoms with van der Waals surface area (Å²) in [5, 5.41) is 0. The monoisotopic (exact) mass is 247 g/mol. The Hall–Kier alpha value is -1.02. The SMILES string of the molecule is CCCOc1ccc(CC2(CN)CCCC2)cc1. The molecule has 1 aliphatic carbocycles. The summed E-state index contributed by atoms with van der Waals surface area (Å²) in [4.78, 5) is 0. The maximum absolute atomic E-state index is 5.99. The summed E-state index contributed by atoms with van der Waals surface area (Å²) in [7, 11) is 0. The van der Waals surface area contributed by atoms with Crippen LogP contribution in [0.25, 0.3) is 0 Å². The summed E-state index contributed by atoms with van der Waals surface area (Å²) in [6.07, 6.45) is 7.44. The molecule has 2 heteroatoms. The third-order valence-electron chi connectivity index (χ3n) is 4.07. The summed E-state index contributed by atoms with van der Waals surface area (Å²) in [6, 6.07) is 8.57. The Morgan fingerprint density at radius 1 is 1.17 bits per heavy atom. The van der Waals surface area contributed by atoms with Crippen LogP contribution in [0.3, 0.4) is 0 Å². The van der Waals surface area contributed by atoms with Crippen molar-refractivity contribution in [1.82, 2.24) is 0 Å². The van der Waals surface area contributed by atoms with Crippen molar-refractivity contribution in [2.45, 2.75) is 45.4 Å². The van der Waals surface area contributed by atoms with Gasteiger partial charge in [0.2, 0.25) is 0 Å². The van der Waals surface area contributed by atoms with Gasteiger partial charge in [-0.15, -0.1) is 0 Å². The largest absolute Gasteiger partial charge is 0.494 e. The summed E-state index contributed by atoms with van der Waals surface area (Å²) in [5.74, 6) is 0.980. The molecule has 2 rings (SSSR count). The molecule has 0 bridgehead atoms. The van der Waals surface area contributed by atoms with Gasteiger partial charge in [-0.05, 0) is 55.3 Å². The molecule has 18 heavy (non-hydrogen) atoms. The predicted octanol–water partition coefficient (Wildman–Crippen LogP) is 3.54. The Balaban J connectivity index is 1.97. The molecule has 1 fully saturated rings. The van der Waals surface area contributed by atoms with Crippen molar-refractivity contribution in [3.05, 3.63) is 29.8 Å². The molecule has 1 saturated carbocycles. The van der Waals surface area contributed by atoms with E-state index in [1.54, 1.807) is 0 Å². The third-order valence-corrected chi connectivity index (χ3v) is 4.07. The fourth-order valence-electron chi connectivity index (χ4n) is 2.93. The summed E-state index contributed by atoms with van der Waals surface area (Å²) in [6.45, 7) is 3.74. The van der Waals surface area contributed by atoms with Crippen molar-refractivity contribution >= 4 is 0 Å². The highest BCUT2D eigenvalue weighted by Crippen LogP contribution is 2.40. The molecule has 0 aliphatic heterocycles. The number of hydrogen-bond acceptors (Lipinski definition) is 2. The highest BCUT2D eigenvalue weighted by Gasteiger charge is 2.32. The molecule has 0 atom stereocenters. The van der Waals surface area contributed by atoms with E-state index < -0.39 is 0 Å². The van der Waals surface area contributed by atoms with E-state index in [9.17, 15) is 0 Å². The minimum Gasteiger partial charge on any atom is -0.494 e. The van der Waals surface area contributed by atoms with Gasteiger partial charge in [-0.2, -0.15) is 0 Å². The molecule has 2 nitrogen and oxygen atoms in total. The topological polar surface area (TPSA) is 35.2 Å². The van der Waals surface area contributed by atoms with E-state index in [1.807, 2.05) is 0 Å². The molecule has 0 amide bonds. The van der Waals surface area contributed by atoms with Crippen LogP contribution in [0.2, 0.25) is 0 Å². The fourth-order valence-corrected chi connectivity index (χ4v) is 2.93. The van der Waals surface area contributed by atoms with Crippen LogP contribution in [0.4, 0.5) is 0 Å². The highest BCUT2D eigenvalue weighted by molar-refractivity contribution is 5.28. The number of benzene rings is 1. The first kappa shape index (κ1) is 13.4. The molecular formula is C16H25NO. The molecule has 0 aromatic heterocycles. The average molecular weight is 247 g/mol. The van der Waals surface area contributed by atoms with E-state index in [2.05, 4.69) is 31.2 Å². The second kappa shape index (κ2) is 6.24.